The molecular formula is C12H17ClN2O5S. The molecule has 0 amide bonds. The van der Waals surface area contributed by atoms with Crippen molar-refractivity contribution in [3.05, 3.63) is 32.8 Å². The van der Waals surface area contributed by atoms with Crippen molar-refractivity contribution in [3.8, 4) is 0 Å². The van der Waals surface area contributed by atoms with Gasteiger partial charge in [-0.1, -0.05) is 25.4 Å². The number of aliphatic hydroxyl groups is 1. The number of nitrogens with one attached hydrogen (secondary N) is 1. The van der Waals surface area contributed by atoms with Gasteiger partial charge in [-0.15, -0.1) is 0 Å². The van der Waals surface area contributed by atoms with Crippen LogP contribution in [-0.2, 0) is 10.0 Å². The second-order valence-corrected chi connectivity index (χ2v) is 7.13. The Bertz CT molecular complexity index is 645. The van der Waals surface area contributed by atoms with Gasteiger partial charge in [0, 0.05) is 12.6 Å². The number of aliphatic hydroxyl groups excluding tert-OH is 1. The van der Waals surface area contributed by atoms with Gasteiger partial charge < -0.3 is 5.11 Å². The predicted octanol–water partition coefficient (Wildman–Crippen LogP) is 1.85. The minimum Gasteiger partial charge on any atom is -0.391 e. The molecule has 118 valence electrons. The van der Waals surface area contributed by atoms with Crippen LogP contribution < -0.4 is 4.72 Å². The Morgan fingerprint density at radius 3 is 2.48 bits per heavy atom. The van der Waals surface area contributed by atoms with Gasteiger partial charge >= 0.3 is 0 Å². The number of nitro groups is 1. The molecular weight excluding hydrogens is 320 g/mol. The maximum absolute atomic E-state index is 12.2. The van der Waals surface area contributed by atoms with Crippen molar-refractivity contribution in [3.63, 3.8) is 0 Å². The van der Waals surface area contributed by atoms with Crippen LogP contribution in [0.15, 0.2) is 17.0 Å². The molecule has 1 unspecified atom stereocenters. The van der Waals surface area contributed by atoms with Crippen LogP contribution in [-0.4, -0.2) is 31.1 Å². The summed E-state index contributed by atoms with van der Waals surface area (Å²) in [6.45, 7) is 4.81. The summed E-state index contributed by atoms with van der Waals surface area (Å²) in [6.07, 6.45) is -0.845. The molecule has 0 aromatic heterocycles. The number of hydrogen-bond acceptors (Lipinski definition) is 5. The molecule has 0 saturated heterocycles. The van der Waals surface area contributed by atoms with Gasteiger partial charge in [0.1, 0.15) is 5.02 Å². The molecule has 0 saturated carbocycles. The van der Waals surface area contributed by atoms with Gasteiger partial charge in [0.15, 0.2) is 0 Å². The minimum atomic E-state index is -3.97. The van der Waals surface area contributed by atoms with E-state index in [1.165, 1.54) is 13.0 Å². The van der Waals surface area contributed by atoms with E-state index in [9.17, 15) is 23.6 Å². The Labute approximate surface area is 128 Å². The number of rotatable bonds is 6. The van der Waals surface area contributed by atoms with Crippen LogP contribution >= 0.6 is 11.6 Å². The van der Waals surface area contributed by atoms with Gasteiger partial charge in [-0.05, 0) is 24.5 Å². The fraction of sp³-hybridized carbons (Fsp3) is 0.500. The molecule has 0 aliphatic heterocycles. The summed E-state index contributed by atoms with van der Waals surface area (Å²) in [5.41, 5.74) is -0.191. The molecule has 1 rings (SSSR count). The van der Waals surface area contributed by atoms with E-state index < -0.39 is 26.7 Å². The lowest BCUT2D eigenvalue weighted by Gasteiger charge is -2.16. The second-order valence-electron chi connectivity index (χ2n) is 4.99. The van der Waals surface area contributed by atoms with E-state index in [4.69, 9.17) is 11.6 Å². The largest absolute Gasteiger partial charge is 0.391 e. The third-order valence-electron chi connectivity index (χ3n) is 2.98. The first-order valence-corrected chi connectivity index (χ1v) is 8.04. The molecule has 1 aromatic rings. The van der Waals surface area contributed by atoms with Crippen molar-refractivity contribution in [1.82, 2.24) is 4.72 Å². The highest BCUT2D eigenvalue weighted by Gasteiger charge is 2.24. The molecule has 7 nitrogen and oxygen atoms in total. The average molecular weight is 337 g/mol. The summed E-state index contributed by atoms with van der Waals surface area (Å²) in [4.78, 5) is 9.86. The molecule has 0 aliphatic rings. The molecule has 1 aromatic carbocycles. The van der Waals surface area contributed by atoms with Crippen LogP contribution in [0.3, 0.4) is 0 Å². The zero-order chi connectivity index (χ0) is 16.4. The number of nitro benzene ring substituents is 1. The summed E-state index contributed by atoms with van der Waals surface area (Å²) in [7, 11) is -3.97. The molecule has 1 atom stereocenters. The summed E-state index contributed by atoms with van der Waals surface area (Å²) >= 11 is 5.72. The van der Waals surface area contributed by atoms with Gasteiger partial charge in [-0.2, -0.15) is 0 Å². The Kier molecular flexibility index (Phi) is 5.68. The molecule has 0 fully saturated rings. The molecule has 0 aliphatic carbocycles. The zero-order valence-electron chi connectivity index (χ0n) is 11.8. The fourth-order valence-electron chi connectivity index (χ4n) is 1.58. The van der Waals surface area contributed by atoms with Crippen molar-refractivity contribution in [2.24, 2.45) is 5.92 Å². The van der Waals surface area contributed by atoms with E-state index in [0.717, 1.165) is 6.07 Å². The van der Waals surface area contributed by atoms with E-state index in [1.54, 1.807) is 13.8 Å². The van der Waals surface area contributed by atoms with E-state index in [-0.39, 0.29) is 27.9 Å². The lowest BCUT2D eigenvalue weighted by Crippen LogP contribution is -2.35. The maximum atomic E-state index is 12.2. The quantitative estimate of drug-likeness (QED) is 0.608. The molecule has 21 heavy (non-hydrogen) atoms. The van der Waals surface area contributed by atoms with E-state index in [0.29, 0.717) is 0 Å². The molecule has 0 bridgehead atoms. The van der Waals surface area contributed by atoms with Crippen molar-refractivity contribution >= 4 is 27.3 Å². The number of aryl methyl sites for hydroxylation is 1. The van der Waals surface area contributed by atoms with Crippen LogP contribution in [0.5, 0.6) is 0 Å². The molecule has 0 heterocycles. The third kappa shape index (κ3) is 4.37. The zero-order valence-corrected chi connectivity index (χ0v) is 13.4. The van der Waals surface area contributed by atoms with Crippen LogP contribution in [0, 0.1) is 23.0 Å². The average Bonchev–Trinajstić information content (AvgIpc) is 2.34. The standard InChI is InChI=1S/C12H17ClN2O5S/c1-7(2)11(16)6-14-21(19,20)12-5-10(15(17)18)9(13)4-8(12)3/h4-5,7,11,14,16H,6H2,1-3H3. The van der Waals surface area contributed by atoms with Crippen LogP contribution in [0.4, 0.5) is 5.69 Å². The molecule has 0 spiro atoms. The van der Waals surface area contributed by atoms with Gasteiger partial charge in [0.25, 0.3) is 5.69 Å². The number of nitrogens with zero attached hydrogens (tertiary/aromatic N) is 1. The second kappa shape index (κ2) is 6.69. The Morgan fingerprint density at radius 1 is 1.43 bits per heavy atom. The SMILES string of the molecule is Cc1cc(Cl)c([N+](=O)[O-])cc1S(=O)(=O)NCC(O)C(C)C. The lowest BCUT2D eigenvalue weighted by molar-refractivity contribution is -0.384. The number of hydrogen-bond donors (Lipinski definition) is 2. The topological polar surface area (TPSA) is 110 Å². The fourth-order valence-corrected chi connectivity index (χ4v) is 3.16. The number of sulfonamides is 1. The first-order chi connectivity index (χ1) is 9.56. The predicted molar refractivity (Wildman–Crippen MR) is 78.9 cm³/mol. The first kappa shape index (κ1) is 17.8. The number of benzene rings is 1. The van der Waals surface area contributed by atoms with E-state index in [1.807, 2.05) is 0 Å². The van der Waals surface area contributed by atoms with Crippen LogP contribution in [0.25, 0.3) is 0 Å². The minimum absolute atomic E-state index is 0.117. The van der Waals surface area contributed by atoms with E-state index >= 15 is 0 Å². The third-order valence-corrected chi connectivity index (χ3v) is 4.85. The van der Waals surface area contributed by atoms with Crippen molar-refractivity contribution in [1.29, 1.82) is 0 Å². The molecule has 2 N–H and O–H groups in total. The monoisotopic (exact) mass is 336 g/mol. The smallest absolute Gasteiger partial charge is 0.289 e. The van der Waals surface area contributed by atoms with Crippen molar-refractivity contribution in [2.45, 2.75) is 31.8 Å². The Balaban J connectivity index is 3.14. The maximum Gasteiger partial charge on any atom is 0.289 e. The van der Waals surface area contributed by atoms with Crippen molar-refractivity contribution < 1.29 is 18.4 Å². The van der Waals surface area contributed by atoms with Crippen LogP contribution in [0.2, 0.25) is 5.02 Å². The highest BCUT2D eigenvalue weighted by molar-refractivity contribution is 7.89. The Morgan fingerprint density at radius 2 is 2.00 bits per heavy atom. The van der Waals surface area contributed by atoms with Crippen LogP contribution in [0.1, 0.15) is 19.4 Å². The summed E-state index contributed by atoms with van der Waals surface area (Å²) < 4.78 is 26.6. The van der Waals surface area contributed by atoms with Gasteiger partial charge in [0.2, 0.25) is 10.0 Å². The van der Waals surface area contributed by atoms with Gasteiger partial charge in [-0.3, -0.25) is 10.1 Å². The van der Waals surface area contributed by atoms with E-state index in [2.05, 4.69) is 4.72 Å². The Hall–Kier alpha value is -1.22. The first-order valence-electron chi connectivity index (χ1n) is 6.18. The van der Waals surface area contributed by atoms with Crippen molar-refractivity contribution in [2.75, 3.05) is 6.54 Å². The highest BCUT2D eigenvalue weighted by Crippen LogP contribution is 2.30. The summed E-state index contributed by atoms with van der Waals surface area (Å²) in [5.74, 6) is -0.117. The summed E-state index contributed by atoms with van der Waals surface area (Å²) in [5, 5.41) is 20.3. The number of halogens is 1. The molecule has 0 radical (unpaired) electrons. The highest BCUT2D eigenvalue weighted by atomic mass is 35.5. The van der Waals surface area contributed by atoms with Gasteiger partial charge in [0.05, 0.1) is 15.9 Å². The molecule has 9 heteroatoms. The lowest BCUT2D eigenvalue weighted by atomic mass is 10.1. The van der Waals surface area contributed by atoms with Gasteiger partial charge in [-0.25, -0.2) is 13.1 Å². The normalized spacial score (nSPS) is 13.4. The summed E-state index contributed by atoms with van der Waals surface area (Å²) in [6, 6.07) is 2.15.